The number of hydrogen-bond acceptors (Lipinski definition) is 6. The second-order valence-corrected chi connectivity index (χ2v) is 3.05. The molecule has 1 heterocycles. The third-order valence-electron chi connectivity index (χ3n) is 1.99. The second kappa shape index (κ2) is 4.09. The molecule has 6 heteroatoms. The summed E-state index contributed by atoms with van der Waals surface area (Å²) in [6, 6.07) is 0. The molecule has 0 radical (unpaired) electrons. The highest BCUT2D eigenvalue weighted by molar-refractivity contribution is 5.68. The van der Waals surface area contributed by atoms with Gasteiger partial charge in [-0.25, -0.2) is 9.97 Å². The largest absolute Gasteiger partial charge is 0.488 e. The van der Waals surface area contributed by atoms with Crippen LogP contribution in [-0.4, -0.2) is 16.6 Å². The van der Waals surface area contributed by atoms with E-state index in [-0.39, 0.29) is 11.4 Å². The number of rotatable bonds is 4. The minimum atomic E-state index is -0.596. The van der Waals surface area contributed by atoms with Gasteiger partial charge in [0.1, 0.15) is 12.0 Å². The van der Waals surface area contributed by atoms with E-state index >= 15 is 0 Å². The molecule has 6 nitrogen and oxygen atoms in total. The molecule has 0 aliphatic rings. The number of nitrogens with one attached hydrogen (secondary N) is 1. The van der Waals surface area contributed by atoms with Gasteiger partial charge in [0.15, 0.2) is 5.75 Å². The summed E-state index contributed by atoms with van der Waals surface area (Å²) >= 11 is 0. The highest BCUT2D eigenvalue weighted by Crippen LogP contribution is 2.21. The molecule has 0 atom stereocenters. The Morgan fingerprint density at radius 1 is 1.25 bits per heavy atom. The third kappa shape index (κ3) is 1.65. The van der Waals surface area contributed by atoms with Crippen LogP contribution >= 0.6 is 0 Å². The van der Waals surface area contributed by atoms with E-state index in [2.05, 4.69) is 15.3 Å². The Bertz CT molecular complexity index is 558. The Morgan fingerprint density at radius 2 is 1.94 bits per heavy atom. The van der Waals surface area contributed by atoms with Crippen LogP contribution in [0.1, 0.15) is 6.92 Å². The molecule has 0 aliphatic heterocycles. The van der Waals surface area contributed by atoms with E-state index in [1.54, 1.807) is 6.92 Å². The lowest BCUT2D eigenvalue weighted by Crippen LogP contribution is -2.35. The highest BCUT2D eigenvalue weighted by Gasteiger charge is 2.22. The zero-order chi connectivity index (χ0) is 11.5. The molecule has 0 fully saturated rings. The van der Waals surface area contributed by atoms with Crippen molar-refractivity contribution in [2.45, 2.75) is 6.92 Å². The van der Waals surface area contributed by atoms with Gasteiger partial charge in [-0.1, -0.05) is 0 Å². The van der Waals surface area contributed by atoms with Crippen LogP contribution in [0.4, 0.5) is 11.4 Å². The summed E-state index contributed by atoms with van der Waals surface area (Å²) in [5.41, 5.74) is -0.467. The Labute approximate surface area is 90.6 Å². The van der Waals surface area contributed by atoms with Crippen molar-refractivity contribution in [1.82, 2.24) is 9.97 Å². The predicted molar refractivity (Wildman–Crippen MR) is 57.8 cm³/mol. The summed E-state index contributed by atoms with van der Waals surface area (Å²) in [6.45, 7) is 2.08. The van der Waals surface area contributed by atoms with Crippen molar-refractivity contribution >= 4 is 11.4 Å². The van der Waals surface area contributed by atoms with Gasteiger partial charge in [-0.15, -0.1) is 0 Å². The first-order chi connectivity index (χ1) is 7.74. The molecule has 0 saturated carbocycles. The van der Waals surface area contributed by atoms with Crippen molar-refractivity contribution < 1.29 is 4.74 Å². The zero-order valence-electron chi connectivity index (χ0n) is 8.56. The topological polar surface area (TPSA) is 81.2 Å². The van der Waals surface area contributed by atoms with Crippen molar-refractivity contribution in [3.05, 3.63) is 39.2 Å². The molecular formula is C10H9N3O3. The summed E-state index contributed by atoms with van der Waals surface area (Å²) in [5.74, 6) is 0.0800. The summed E-state index contributed by atoms with van der Waals surface area (Å²) in [5, 5.41) is 2.75. The molecule has 1 aromatic heterocycles. The normalized spacial score (nSPS) is 10.3. The van der Waals surface area contributed by atoms with E-state index in [4.69, 9.17) is 4.74 Å². The smallest absolute Gasteiger partial charge is 0.272 e. The van der Waals surface area contributed by atoms with E-state index in [0.29, 0.717) is 12.3 Å². The lowest BCUT2D eigenvalue weighted by atomic mass is 10.2. The summed E-state index contributed by atoms with van der Waals surface area (Å²) in [6.07, 6.45) is 4.37. The molecule has 0 unspecified atom stereocenters. The van der Waals surface area contributed by atoms with E-state index in [9.17, 15) is 9.59 Å². The van der Waals surface area contributed by atoms with Gasteiger partial charge in [0, 0.05) is 0 Å². The fourth-order valence-corrected chi connectivity index (χ4v) is 1.27. The number of nitrogens with zero attached hydrogens (tertiary/aromatic N) is 2. The van der Waals surface area contributed by atoms with E-state index in [1.165, 1.54) is 18.7 Å². The monoisotopic (exact) mass is 219 g/mol. The molecule has 0 saturated heterocycles. The third-order valence-corrected chi connectivity index (χ3v) is 1.99. The number of hydrogen-bond donors (Lipinski definition) is 1. The molecule has 0 spiro atoms. The summed E-state index contributed by atoms with van der Waals surface area (Å²) in [7, 11) is 0. The summed E-state index contributed by atoms with van der Waals surface area (Å²) < 4.78 is 5.05. The van der Waals surface area contributed by atoms with Gasteiger partial charge in [-0.3, -0.25) is 9.59 Å². The zero-order valence-corrected chi connectivity index (χ0v) is 8.56. The van der Waals surface area contributed by atoms with E-state index in [1.807, 2.05) is 0 Å². The van der Waals surface area contributed by atoms with Crippen molar-refractivity contribution in [1.29, 1.82) is 0 Å². The van der Waals surface area contributed by atoms with Gasteiger partial charge < -0.3 is 10.1 Å². The minimum absolute atomic E-state index is 0.0800. The van der Waals surface area contributed by atoms with Crippen LogP contribution in [0.25, 0.3) is 0 Å². The molecular weight excluding hydrogens is 210 g/mol. The second-order valence-electron chi connectivity index (χ2n) is 3.05. The molecule has 82 valence electrons. The quantitative estimate of drug-likeness (QED) is 0.740. The molecule has 16 heavy (non-hydrogen) atoms. The first-order valence-electron chi connectivity index (χ1n) is 4.72. The predicted octanol–water partition coefficient (Wildman–Crippen LogP) is 0.215. The molecule has 1 N–H and O–H groups in total. The van der Waals surface area contributed by atoms with Gasteiger partial charge >= 0.3 is 0 Å². The van der Waals surface area contributed by atoms with Gasteiger partial charge in [-0.2, -0.15) is 0 Å². The van der Waals surface area contributed by atoms with Crippen molar-refractivity contribution in [2.24, 2.45) is 0 Å². The maximum atomic E-state index is 11.3. The lowest BCUT2D eigenvalue weighted by molar-refractivity contribution is 0.335. The van der Waals surface area contributed by atoms with Gasteiger partial charge in [0.25, 0.3) is 10.9 Å². The van der Waals surface area contributed by atoms with Crippen molar-refractivity contribution in [2.75, 3.05) is 11.9 Å². The van der Waals surface area contributed by atoms with E-state index in [0.717, 1.165) is 0 Å². The maximum absolute atomic E-state index is 11.3. The van der Waals surface area contributed by atoms with Crippen LogP contribution in [0, 0.1) is 0 Å². The van der Waals surface area contributed by atoms with Crippen LogP contribution in [0.15, 0.2) is 28.3 Å². The van der Waals surface area contributed by atoms with Gasteiger partial charge in [0.05, 0.1) is 24.7 Å². The molecule has 0 amide bonds. The van der Waals surface area contributed by atoms with Gasteiger partial charge in [0.2, 0.25) is 0 Å². The van der Waals surface area contributed by atoms with Crippen LogP contribution in [-0.2, 0) is 0 Å². The van der Waals surface area contributed by atoms with Crippen LogP contribution in [0.3, 0.4) is 0 Å². The van der Waals surface area contributed by atoms with Crippen LogP contribution < -0.4 is 20.9 Å². The fraction of sp³-hybridized carbons (Fsp3) is 0.200. The number of anilines is 2. The molecule has 1 aromatic carbocycles. The lowest BCUT2D eigenvalue weighted by Gasteiger charge is -2.12. The van der Waals surface area contributed by atoms with Crippen molar-refractivity contribution in [3.63, 3.8) is 0 Å². The maximum Gasteiger partial charge on any atom is 0.272 e. The molecule has 2 rings (SSSR count). The van der Waals surface area contributed by atoms with Crippen molar-refractivity contribution in [3.8, 4) is 5.75 Å². The first kappa shape index (κ1) is 10.3. The Morgan fingerprint density at radius 3 is 2.56 bits per heavy atom. The molecule has 2 aromatic rings. The average molecular weight is 219 g/mol. The Balaban J connectivity index is 2.26. The minimum Gasteiger partial charge on any atom is -0.488 e. The molecule has 0 aliphatic carbocycles. The van der Waals surface area contributed by atoms with Gasteiger partial charge in [-0.05, 0) is 6.92 Å². The fourth-order valence-electron chi connectivity index (χ4n) is 1.27. The SMILES string of the molecule is CCOc1c(Nc2cncnc2)c(=O)c1=O. The van der Waals surface area contributed by atoms with Crippen LogP contribution in [0.2, 0.25) is 0 Å². The number of aromatic nitrogens is 2. The standard InChI is InChI=1S/C10H9N3O3/c1-2-16-10-7(8(14)9(10)15)13-6-3-11-5-12-4-6/h3-5,13H,2H2,1H3. The summed E-state index contributed by atoms with van der Waals surface area (Å²) in [4.78, 5) is 30.0. The van der Waals surface area contributed by atoms with Crippen LogP contribution in [0.5, 0.6) is 5.75 Å². The number of ether oxygens (including phenoxy) is 1. The molecule has 0 bridgehead atoms. The average Bonchev–Trinajstić information content (AvgIpc) is 2.34. The Hall–Kier alpha value is -2.24. The van der Waals surface area contributed by atoms with E-state index < -0.39 is 10.9 Å². The Kier molecular flexibility index (Phi) is 2.63. The first-order valence-corrected chi connectivity index (χ1v) is 4.72. The highest BCUT2D eigenvalue weighted by atomic mass is 16.5.